The number of hydrogen-bond acceptors (Lipinski definition) is 4. The maximum Gasteiger partial charge on any atom is 0.255 e. The second kappa shape index (κ2) is 10.5. The van der Waals surface area contributed by atoms with Gasteiger partial charge in [-0.25, -0.2) is 0 Å². The van der Waals surface area contributed by atoms with E-state index < -0.39 is 5.91 Å². The fourth-order valence-corrected chi connectivity index (χ4v) is 2.86. The van der Waals surface area contributed by atoms with Gasteiger partial charge in [0.2, 0.25) is 5.91 Å². The fourth-order valence-electron chi connectivity index (χ4n) is 2.73. The smallest absolute Gasteiger partial charge is 0.255 e. The molecule has 0 heterocycles. The second-order valence-electron chi connectivity index (χ2n) is 6.78. The number of carbonyl (C=O) groups excluding carboxylic acids is 2. The van der Waals surface area contributed by atoms with E-state index in [1.165, 1.54) is 13.2 Å². The van der Waals surface area contributed by atoms with Crippen molar-refractivity contribution in [2.75, 3.05) is 13.7 Å². The molecule has 1 unspecified atom stereocenters. The quantitative estimate of drug-likeness (QED) is 0.609. The third-order valence-electron chi connectivity index (χ3n) is 4.18. The van der Waals surface area contributed by atoms with Crippen molar-refractivity contribution in [3.63, 3.8) is 0 Å². The minimum atomic E-state index is -0.576. The standard InChI is InChI=1S/C22H25ClN2O4/c1-14(2)22(16-6-8-17(23)9-7-16)25-21(27)11-5-15-4-10-18(19(12-15)28-3)29-13-20(24)26/h4-12,14,22H,13H2,1-3H3,(H2,24,26)(H,25,27)/b11-5+. The summed E-state index contributed by atoms with van der Waals surface area (Å²) in [6.45, 7) is 3.84. The van der Waals surface area contributed by atoms with Crippen molar-refractivity contribution in [1.29, 1.82) is 0 Å². The second-order valence-corrected chi connectivity index (χ2v) is 7.22. The minimum absolute atomic E-state index is 0.136. The Morgan fingerprint density at radius 1 is 1.14 bits per heavy atom. The summed E-state index contributed by atoms with van der Waals surface area (Å²) in [6, 6.07) is 12.4. The number of primary amides is 1. The van der Waals surface area contributed by atoms with E-state index in [2.05, 4.69) is 5.32 Å². The summed E-state index contributed by atoms with van der Waals surface area (Å²) < 4.78 is 10.6. The zero-order valence-corrected chi connectivity index (χ0v) is 17.4. The molecule has 0 aliphatic carbocycles. The minimum Gasteiger partial charge on any atom is -0.493 e. The highest BCUT2D eigenvalue weighted by Gasteiger charge is 2.17. The largest absolute Gasteiger partial charge is 0.493 e. The summed E-state index contributed by atoms with van der Waals surface area (Å²) in [5.74, 6) is 0.251. The van der Waals surface area contributed by atoms with Gasteiger partial charge < -0.3 is 20.5 Å². The van der Waals surface area contributed by atoms with E-state index in [1.807, 2.05) is 38.1 Å². The maximum absolute atomic E-state index is 12.4. The van der Waals surface area contributed by atoms with Crippen molar-refractivity contribution < 1.29 is 19.1 Å². The Labute approximate surface area is 175 Å². The first-order valence-corrected chi connectivity index (χ1v) is 9.51. The molecule has 1 atom stereocenters. The molecule has 0 saturated carbocycles. The molecule has 0 aliphatic rings. The molecule has 0 fully saturated rings. The molecule has 6 nitrogen and oxygen atoms in total. The third kappa shape index (κ3) is 6.84. The Kier molecular flexibility index (Phi) is 8.09. The van der Waals surface area contributed by atoms with Gasteiger partial charge >= 0.3 is 0 Å². The molecule has 0 bridgehead atoms. The van der Waals surface area contributed by atoms with Crippen LogP contribution in [0.25, 0.3) is 6.08 Å². The first-order valence-electron chi connectivity index (χ1n) is 9.13. The highest BCUT2D eigenvalue weighted by molar-refractivity contribution is 6.30. The molecule has 0 spiro atoms. The molecule has 0 saturated heterocycles. The Hall–Kier alpha value is -2.99. The molecule has 2 amide bonds. The molecule has 0 aromatic heterocycles. The molecule has 2 rings (SSSR count). The molecule has 3 N–H and O–H groups in total. The first-order chi connectivity index (χ1) is 13.8. The number of methoxy groups -OCH3 is 1. The number of hydrogen-bond donors (Lipinski definition) is 2. The van der Waals surface area contributed by atoms with E-state index in [0.717, 1.165) is 11.1 Å². The van der Waals surface area contributed by atoms with Gasteiger partial charge in [0.15, 0.2) is 18.1 Å². The van der Waals surface area contributed by atoms with Crippen LogP contribution in [-0.2, 0) is 9.59 Å². The van der Waals surface area contributed by atoms with Crippen LogP contribution in [-0.4, -0.2) is 25.5 Å². The number of benzene rings is 2. The molecule has 0 aliphatic heterocycles. The zero-order chi connectivity index (χ0) is 21.4. The van der Waals surface area contributed by atoms with E-state index >= 15 is 0 Å². The predicted molar refractivity (Wildman–Crippen MR) is 114 cm³/mol. The predicted octanol–water partition coefficient (Wildman–Crippen LogP) is 3.74. The normalized spacial score (nSPS) is 12.0. The van der Waals surface area contributed by atoms with Crippen molar-refractivity contribution in [3.8, 4) is 11.5 Å². The summed E-state index contributed by atoms with van der Waals surface area (Å²) >= 11 is 5.95. The summed E-state index contributed by atoms with van der Waals surface area (Å²) in [6.07, 6.45) is 3.14. The summed E-state index contributed by atoms with van der Waals surface area (Å²) in [5.41, 5.74) is 6.82. The summed E-state index contributed by atoms with van der Waals surface area (Å²) in [5, 5.41) is 3.67. The van der Waals surface area contributed by atoms with Crippen LogP contribution in [0.3, 0.4) is 0 Å². The van der Waals surface area contributed by atoms with E-state index in [9.17, 15) is 9.59 Å². The number of ether oxygens (including phenoxy) is 2. The number of carbonyl (C=O) groups is 2. The van der Waals surface area contributed by atoms with Crippen LogP contribution in [0.2, 0.25) is 5.02 Å². The lowest BCUT2D eigenvalue weighted by atomic mass is 9.96. The van der Waals surface area contributed by atoms with E-state index in [-0.39, 0.29) is 24.5 Å². The average Bonchev–Trinajstić information content (AvgIpc) is 2.69. The average molecular weight is 417 g/mol. The number of nitrogens with one attached hydrogen (secondary N) is 1. The van der Waals surface area contributed by atoms with Gasteiger partial charge in [0.05, 0.1) is 13.2 Å². The molecular formula is C22H25ClN2O4. The van der Waals surface area contributed by atoms with Crippen molar-refractivity contribution in [1.82, 2.24) is 5.32 Å². The van der Waals surface area contributed by atoms with Crippen LogP contribution in [0.15, 0.2) is 48.5 Å². The number of amides is 2. The first kappa shape index (κ1) is 22.3. The molecule has 29 heavy (non-hydrogen) atoms. The molecule has 154 valence electrons. The maximum atomic E-state index is 12.4. The van der Waals surface area contributed by atoms with Crippen LogP contribution in [0.5, 0.6) is 11.5 Å². The molecule has 7 heteroatoms. The number of rotatable bonds is 9. The van der Waals surface area contributed by atoms with Crippen molar-refractivity contribution in [2.45, 2.75) is 19.9 Å². The Balaban J connectivity index is 2.08. The van der Waals surface area contributed by atoms with Gasteiger partial charge in [-0.05, 0) is 47.4 Å². The Morgan fingerprint density at radius 3 is 2.41 bits per heavy atom. The van der Waals surface area contributed by atoms with Gasteiger partial charge in [-0.2, -0.15) is 0 Å². The molecular weight excluding hydrogens is 392 g/mol. The summed E-state index contributed by atoms with van der Waals surface area (Å²) in [4.78, 5) is 23.3. The van der Waals surface area contributed by atoms with Crippen LogP contribution in [0.4, 0.5) is 0 Å². The monoisotopic (exact) mass is 416 g/mol. The fraction of sp³-hybridized carbons (Fsp3) is 0.273. The van der Waals surface area contributed by atoms with Crippen LogP contribution >= 0.6 is 11.6 Å². The van der Waals surface area contributed by atoms with Crippen molar-refractivity contribution in [3.05, 3.63) is 64.7 Å². The summed E-state index contributed by atoms with van der Waals surface area (Å²) in [7, 11) is 1.49. The lowest BCUT2D eigenvalue weighted by Gasteiger charge is -2.22. The van der Waals surface area contributed by atoms with Crippen molar-refractivity contribution in [2.24, 2.45) is 11.7 Å². The Bertz CT molecular complexity index is 879. The third-order valence-corrected chi connectivity index (χ3v) is 4.43. The van der Waals surface area contributed by atoms with Crippen molar-refractivity contribution >= 4 is 29.5 Å². The Morgan fingerprint density at radius 2 is 1.83 bits per heavy atom. The SMILES string of the molecule is COc1cc(/C=C/C(=O)NC(c2ccc(Cl)cc2)C(C)C)ccc1OCC(N)=O. The molecule has 0 radical (unpaired) electrons. The van der Waals surface area contributed by atoms with Gasteiger partial charge in [-0.3, -0.25) is 9.59 Å². The van der Waals surface area contributed by atoms with Gasteiger partial charge in [0, 0.05) is 11.1 Å². The molecule has 2 aromatic rings. The van der Waals surface area contributed by atoms with Gasteiger partial charge in [0.25, 0.3) is 5.91 Å². The highest BCUT2D eigenvalue weighted by Crippen LogP contribution is 2.28. The van der Waals surface area contributed by atoms with E-state index in [0.29, 0.717) is 16.5 Å². The van der Waals surface area contributed by atoms with E-state index in [1.54, 1.807) is 24.3 Å². The number of halogens is 1. The highest BCUT2D eigenvalue weighted by atomic mass is 35.5. The number of nitrogens with two attached hydrogens (primary N) is 1. The topological polar surface area (TPSA) is 90.7 Å². The zero-order valence-electron chi connectivity index (χ0n) is 16.6. The van der Waals surface area contributed by atoms with Crippen LogP contribution in [0, 0.1) is 5.92 Å². The van der Waals surface area contributed by atoms with Gasteiger partial charge in [-0.15, -0.1) is 0 Å². The van der Waals surface area contributed by atoms with Crippen LogP contribution in [0.1, 0.15) is 31.0 Å². The van der Waals surface area contributed by atoms with Gasteiger partial charge in [0.1, 0.15) is 0 Å². The van der Waals surface area contributed by atoms with Crippen LogP contribution < -0.4 is 20.5 Å². The molecule has 2 aromatic carbocycles. The lowest BCUT2D eigenvalue weighted by molar-refractivity contribution is -0.120. The van der Waals surface area contributed by atoms with E-state index in [4.69, 9.17) is 26.8 Å². The lowest BCUT2D eigenvalue weighted by Crippen LogP contribution is -2.30. The van der Waals surface area contributed by atoms with Gasteiger partial charge in [-0.1, -0.05) is 43.6 Å².